The van der Waals surface area contributed by atoms with E-state index in [9.17, 15) is 0 Å². The van der Waals surface area contributed by atoms with Crippen molar-refractivity contribution in [2.75, 3.05) is 10.6 Å². The number of aromatic nitrogens is 3. The van der Waals surface area contributed by atoms with E-state index in [0.29, 0.717) is 18.3 Å². The maximum atomic E-state index is 4.50. The summed E-state index contributed by atoms with van der Waals surface area (Å²) in [6, 6.07) is 16.4. The molecule has 3 rings (SSSR count). The first-order valence-corrected chi connectivity index (χ1v) is 8.09. The van der Waals surface area contributed by atoms with E-state index >= 15 is 0 Å². The molecule has 0 atom stereocenters. The van der Waals surface area contributed by atoms with Gasteiger partial charge in [0.05, 0.1) is 6.20 Å². The van der Waals surface area contributed by atoms with Gasteiger partial charge in [0.25, 0.3) is 0 Å². The van der Waals surface area contributed by atoms with Crippen LogP contribution in [-0.2, 0) is 13.0 Å². The Bertz CT molecular complexity index is 802. The summed E-state index contributed by atoms with van der Waals surface area (Å²) in [7, 11) is 0. The monoisotopic (exact) mass is 319 g/mol. The van der Waals surface area contributed by atoms with Gasteiger partial charge in [-0.15, -0.1) is 5.10 Å². The van der Waals surface area contributed by atoms with Crippen LogP contribution >= 0.6 is 0 Å². The number of rotatable bonds is 6. The highest BCUT2D eigenvalue weighted by molar-refractivity contribution is 5.63. The average Bonchev–Trinajstić information content (AvgIpc) is 2.63. The van der Waals surface area contributed by atoms with Crippen molar-refractivity contribution >= 4 is 17.5 Å². The fraction of sp³-hybridized carbons (Fsp3) is 0.211. The highest BCUT2D eigenvalue weighted by Gasteiger charge is 2.07. The summed E-state index contributed by atoms with van der Waals surface area (Å²) in [5, 5.41) is 14.7. The van der Waals surface area contributed by atoms with E-state index in [1.165, 1.54) is 16.7 Å². The van der Waals surface area contributed by atoms with Gasteiger partial charge in [-0.2, -0.15) is 10.1 Å². The van der Waals surface area contributed by atoms with Crippen molar-refractivity contribution in [2.45, 2.75) is 26.8 Å². The number of hydrogen-bond donors (Lipinski definition) is 2. The summed E-state index contributed by atoms with van der Waals surface area (Å²) >= 11 is 0. The summed E-state index contributed by atoms with van der Waals surface area (Å²) in [5.74, 6) is 1.19. The number of benzene rings is 2. The van der Waals surface area contributed by atoms with Gasteiger partial charge in [0.15, 0.2) is 5.82 Å². The minimum atomic E-state index is 0.497. The van der Waals surface area contributed by atoms with Crippen LogP contribution in [0, 0.1) is 6.92 Å². The Hall–Kier alpha value is -2.95. The SMILES string of the molecule is CCc1cccc(C)c1Nc1nncc(NCc2ccccc2)n1. The molecule has 3 aromatic rings. The van der Waals surface area contributed by atoms with Gasteiger partial charge < -0.3 is 10.6 Å². The van der Waals surface area contributed by atoms with Crippen LogP contribution in [0.5, 0.6) is 0 Å². The van der Waals surface area contributed by atoms with E-state index in [2.05, 4.69) is 70.0 Å². The molecule has 0 bridgehead atoms. The van der Waals surface area contributed by atoms with Crippen LogP contribution < -0.4 is 10.6 Å². The molecule has 0 saturated carbocycles. The second-order valence-corrected chi connectivity index (χ2v) is 5.59. The fourth-order valence-electron chi connectivity index (χ4n) is 2.54. The van der Waals surface area contributed by atoms with E-state index in [0.717, 1.165) is 12.1 Å². The Morgan fingerprint density at radius 1 is 1.00 bits per heavy atom. The summed E-state index contributed by atoms with van der Waals surface area (Å²) in [6.45, 7) is 4.91. The first-order valence-electron chi connectivity index (χ1n) is 8.09. The van der Waals surface area contributed by atoms with Crippen molar-refractivity contribution < 1.29 is 0 Å². The zero-order valence-corrected chi connectivity index (χ0v) is 14.0. The highest BCUT2D eigenvalue weighted by atomic mass is 15.3. The van der Waals surface area contributed by atoms with E-state index in [1.807, 2.05) is 18.2 Å². The lowest BCUT2D eigenvalue weighted by atomic mass is 10.1. The molecular weight excluding hydrogens is 298 g/mol. The summed E-state index contributed by atoms with van der Waals surface area (Å²) in [5.41, 5.74) is 4.65. The molecule has 24 heavy (non-hydrogen) atoms. The molecule has 0 spiro atoms. The third-order valence-corrected chi connectivity index (χ3v) is 3.85. The molecule has 0 aliphatic heterocycles. The molecule has 2 N–H and O–H groups in total. The minimum absolute atomic E-state index is 0.497. The van der Waals surface area contributed by atoms with Crippen LogP contribution in [0.3, 0.4) is 0 Å². The lowest BCUT2D eigenvalue weighted by Crippen LogP contribution is -2.07. The number of nitrogens with one attached hydrogen (secondary N) is 2. The third-order valence-electron chi connectivity index (χ3n) is 3.85. The van der Waals surface area contributed by atoms with Gasteiger partial charge in [0.1, 0.15) is 0 Å². The number of hydrogen-bond acceptors (Lipinski definition) is 5. The number of nitrogens with zero attached hydrogens (tertiary/aromatic N) is 3. The van der Waals surface area contributed by atoms with E-state index < -0.39 is 0 Å². The van der Waals surface area contributed by atoms with Crippen molar-refractivity contribution in [3.05, 3.63) is 71.4 Å². The van der Waals surface area contributed by atoms with E-state index in [4.69, 9.17) is 0 Å². The Balaban J connectivity index is 1.74. The van der Waals surface area contributed by atoms with Crippen LogP contribution in [0.15, 0.2) is 54.7 Å². The Labute approximate surface area is 142 Å². The molecule has 1 aromatic heterocycles. The highest BCUT2D eigenvalue weighted by Crippen LogP contribution is 2.23. The predicted molar refractivity (Wildman–Crippen MR) is 97.4 cm³/mol. The second-order valence-electron chi connectivity index (χ2n) is 5.59. The van der Waals surface area contributed by atoms with E-state index in [1.54, 1.807) is 6.20 Å². The van der Waals surface area contributed by atoms with Crippen molar-refractivity contribution in [3.8, 4) is 0 Å². The molecule has 2 aromatic carbocycles. The summed E-state index contributed by atoms with van der Waals surface area (Å²) < 4.78 is 0. The smallest absolute Gasteiger partial charge is 0.249 e. The molecule has 0 aliphatic carbocycles. The van der Waals surface area contributed by atoms with Gasteiger partial charge in [-0.1, -0.05) is 55.5 Å². The van der Waals surface area contributed by atoms with Gasteiger partial charge in [-0.3, -0.25) is 0 Å². The predicted octanol–water partition coefficient (Wildman–Crippen LogP) is 4.10. The largest absolute Gasteiger partial charge is 0.365 e. The van der Waals surface area contributed by atoms with Crippen LogP contribution in [0.2, 0.25) is 0 Å². The Morgan fingerprint density at radius 3 is 2.62 bits per heavy atom. The summed E-state index contributed by atoms with van der Waals surface area (Å²) in [6.07, 6.45) is 2.58. The van der Waals surface area contributed by atoms with Crippen molar-refractivity contribution in [3.63, 3.8) is 0 Å². The standard InChI is InChI=1S/C19H21N5/c1-3-16-11-7-8-14(2)18(16)23-19-22-17(13-21-24-19)20-12-15-9-5-4-6-10-15/h4-11,13H,3,12H2,1-2H3,(H2,20,22,23,24). The fourth-order valence-corrected chi connectivity index (χ4v) is 2.54. The van der Waals surface area contributed by atoms with E-state index in [-0.39, 0.29) is 0 Å². The number of anilines is 3. The molecule has 122 valence electrons. The molecule has 0 unspecified atom stereocenters. The van der Waals surface area contributed by atoms with Gasteiger partial charge in [0.2, 0.25) is 5.95 Å². The maximum absolute atomic E-state index is 4.50. The Morgan fingerprint density at radius 2 is 1.83 bits per heavy atom. The lowest BCUT2D eigenvalue weighted by molar-refractivity contribution is 0.963. The molecule has 0 amide bonds. The first kappa shape index (κ1) is 15.9. The van der Waals surface area contributed by atoms with Gasteiger partial charge >= 0.3 is 0 Å². The van der Waals surface area contributed by atoms with Crippen LogP contribution in [0.1, 0.15) is 23.6 Å². The zero-order valence-electron chi connectivity index (χ0n) is 14.0. The number of para-hydroxylation sites is 1. The Kier molecular flexibility index (Phi) is 5.01. The number of aryl methyl sites for hydroxylation is 2. The van der Waals surface area contributed by atoms with Gasteiger partial charge in [0, 0.05) is 12.2 Å². The first-order chi connectivity index (χ1) is 11.8. The van der Waals surface area contributed by atoms with Crippen molar-refractivity contribution in [2.24, 2.45) is 0 Å². The molecule has 5 nitrogen and oxygen atoms in total. The molecule has 5 heteroatoms. The van der Waals surface area contributed by atoms with Crippen molar-refractivity contribution in [1.29, 1.82) is 0 Å². The van der Waals surface area contributed by atoms with Crippen LogP contribution in [-0.4, -0.2) is 15.2 Å². The third kappa shape index (κ3) is 3.87. The molecule has 0 saturated heterocycles. The lowest BCUT2D eigenvalue weighted by Gasteiger charge is -2.13. The topological polar surface area (TPSA) is 62.7 Å². The normalized spacial score (nSPS) is 10.4. The quantitative estimate of drug-likeness (QED) is 0.716. The summed E-state index contributed by atoms with van der Waals surface area (Å²) in [4.78, 5) is 4.50. The molecule has 0 radical (unpaired) electrons. The minimum Gasteiger partial charge on any atom is -0.365 e. The maximum Gasteiger partial charge on any atom is 0.249 e. The molecule has 1 heterocycles. The van der Waals surface area contributed by atoms with Crippen LogP contribution in [0.25, 0.3) is 0 Å². The van der Waals surface area contributed by atoms with Gasteiger partial charge in [-0.25, -0.2) is 0 Å². The second kappa shape index (κ2) is 7.55. The van der Waals surface area contributed by atoms with Crippen LogP contribution in [0.4, 0.5) is 17.5 Å². The van der Waals surface area contributed by atoms with Crippen molar-refractivity contribution in [1.82, 2.24) is 15.2 Å². The zero-order chi connectivity index (χ0) is 16.8. The average molecular weight is 319 g/mol. The molecular formula is C19H21N5. The van der Waals surface area contributed by atoms with Gasteiger partial charge in [-0.05, 0) is 30.0 Å². The molecule has 0 aliphatic rings. The molecule has 0 fully saturated rings.